The number of rotatable bonds is 4. The summed E-state index contributed by atoms with van der Waals surface area (Å²) in [5.74, 6) is 0.00244. The maximum atomic E-state index is 12.4. The van der Waals surface area contributed by atoms with E-state index in [0.29, 0.717) is 25.3 Å². The number of hydrogen-bond donors (Lipinski definition) is 2. The van der Waals surface area contributed by atoms with Crippen molar-refractivity contribution in [2.24, 2.45) is 0 Å². The first-order chi connectivity index (χ1) is 11.7. The first-order valence-electron chi connectivity index (χ1n) is 8.72. The SMILES string of the molecule is O=C(NCc1ccc(C(=O)N2CCCCC2)cc1)[C@H]1CNCCO1. The van der Waals surface area contributed by atoms with E-state index in [1.807, 2.05) is 29.2 Å². The monoisotopic (exact) mass is 331 g/mol. The lowest BCUT2D eigenvalue weighted by molar-refractivity contribution is -0.134. The predicted molar refractivity (Wildman–Crippen MR) is 90.7 cm³/mol. The summed E-state index contributed by atoms with van der Waals surface area (Å²) in [7, 11) is 0. The Balaban J connectivity index is 1.50. The molecule has 6 heteroatoms. The molecule has 24 heavy (non-hydrogen) atoms. The van der Waals surface area contributed by atoms with Gasteiger partial charge in [0.2, 0.25) is 0 Å². The molecule has 2 saturated heterocycles. The molecule has 3 rings (SSSR count). The number of nitrogens with one attached hydrogen (secondary N) is 2. The lowest BCUT2D eigenvalue weighted by atomic mass is 10.1. The lowest BCUT2D eigenvalue weighted by Gasteiger charge is -2.26. The van der Waals surface area contributed by atoms with Gasteiger partial charge in [-0.3, -0.25) is 9.59 Å². The van der Waals surface area contributed by atoms with Crippen molar-refractivity contribution in [3.63, 3.8) is 0 Å². The fourth-order valence-corrected chi connectivity index (χ4v) is 3.08. The number of piperidine rings is 1. The highest BCUT2D eigenvalue weighted by molar-refractivity contribution is 5.94. The molecule has 0 spiro atoms. The predicted octanol–water partition coefficient (Wildman–Crippen LogP) is 0.917. The Morgan fingerprint density at radius 3 is 2.58 bits per heavy atom. The third kappa shape index (κ3) is 4.33. The highest BCUT2D eigenvalue weighted by atomic mass is 16.5. The van der Waals surface area contributed by atoms with Crippen molar-refractivity contribution in [3.05, 3.63) is 35.4 Å². The molecule has 2 aliphatic heterocycles. The Hall–Kier alpha value is -1.92. The lowest BCUT2D eigenvalue weighted by Crippen LogP contribution is -2.47. The molecule has 1 aromatic carbocycles. The summed E-state index contributed by atoms with van der Waals surface area (Å²) in [6, 6.07) is 7.49. The molecule has 6 nitrogen and oxygen atoms in total. The number of hydrogen-bond acceptors (Lipinski definition) is 4. The van der Waals surface area contributed by atoms with E-state index < -0.39 is 6.10 Å². The molecule has 0 aliphatic carbocycles. The van der Waals surface area contributed by atoms with E-state index in [1.165, 1.54) is 6.42 Å². The van der Waals surface area contributed by atoms with E-state index in [0.717, 1.165) is 38.0 Å². The molecule has 1 atom stereocenters. The molecule has 2 N–H and O–H groups in total. The number of likely N-dealkylation sites (tertiary alicyclic amines) is 1. The van der Waals surface area contributed by atoms with Crippen LogP contribution in [0.4, 0.5) is 0 Å². The van der Waals surface area contributed by atoms with Gasteiger partial charge in [0, 0.05) is 38.3 Å². The molecule has 2 heterocycles. The zero-order valence-corrected chi connectivity index (χ0v) is 13.9. The van der Waals surface area contributed by atoms with E-state index >= 15 is 0 Å². The minimum Gasteiger partial charge on any atom is -0.366 e. The van der Waals surface area contributed by atoms with E-state index in [9.17, 15) is 9.59 Å². The highest BCUT2D eigenvalue weighted by Crippen LogP contribution is 2.14. The maximum absolute atomic E-state index is 12.4. The summed E-state index contributed by atoms with van der Waals surface area (Å²) in [6.45, 7) is 4.05. The maximum Gasteiger partial charge on any atom is 0.253 e. The molecule has 2 fully saturated rings. The third-order valence-electron chi connectivity index (χ3n) is 4.53. The van der Waals surface area contributed by atoms with Crippen molar-refractivity contribution < 1.29 is 14.3 Å². The van der Waals surface area contributed by atoms with E-state index in [1.54, 1.807) is 0 Å². The minimum atomic E-state index is -0.418. The van der Waals surface area contributed by atoms with Gasteiger partial charge in [-0.05, 0) is 37.0 Å². The molecule has 2 amide bonds. The van der Waals surface area contributed by atoms with Crippen molar-refractivity contribution in [1.29, 1.82) is 0 Å². The summed E-state index contributed by atoms with van der Waals surface area (Å²) in [5, 5.41) is 6.02. The fourth-order valence-electron chi connectivity index (χ4n) is 3.08. The van der Waals surface area contributed by atoms with Crippen LogP contribution in [0.5, 0.6) is 0 Å². The van der Waals surface area contributed by atoms with Gasteiger partial charge in [-0.25, -0.2) is 0 Å². The third-order valence-corrected chi connectivity index (χ3v) is 4.53. The van der Waals surface area contributed by atoms with E-state index in [2.05, 4.69) is 10.6 Å². The topological polar surface area (TPSA) is 70.7 Å². The Bertz CT molecular complexity index is 561. The quantitative estimate of drug-likeness (QED) is 0.861. The zero-order valence-electron chi connectivity index (χ0n) is 13.9. The number of carbonyl (C=O) groups is 2. The molecule has 0 radical (unpaired) electrons. The molecule has 1 aromatic rings. The number of benzene rings is 1. The summed E-state index contributed by atoms with van der Waals surface area (Å²) in [5.41, 5.74) is 1.69. The number of nitrogens with zero attached hydrogens (tertiary/aromatic N) is 1. The summed E-state index contributed by atoms with van der Waals surface area (Å²) in [6.07, 6.45) is 2.98. The highest BCUT2D eigenvalue weighted by Gasteiger charge is 2.21. The Kier molecular flexibility index (Phi) is 5.82. The zero-order chi connectivity index (χ0) is 16.8. The summed E-state index contributed by atoms with van der Waals surface area (Å²) < 4.78 is 5.42. The number of carbonyl (C=O) groups excluding carboxylic acids is 2. The van der Waals surface area contributed by atoms with Gasteiger partial charge < -0.3 is 20.3 Å². The standard InChI is InChI=1S/C18H25N3O3/c22-17(16-13-19-8-11-24-16)20-12-14-4-6-15(7-5-14)18(23)21-9-2-1-3-10-21/h4-7,16,19H,1-3,8-13H2,(H,20,22)/t16-/m1/s1. The number of ether oxygens (including phenoxy) is 1. The summed E-state index contributed by atoms with van der Waals surface area (Å²) in [4.78, 5) is 26.4. The largest absolute Gasteiger partial charge is 0.366 e. The molecule has 2 aliphatic rings. The van der Waals surface area contributed by atoms with E-state index in [4.69, 9.17) is 4.74 Å². The number of morpholine rings is 1. The Labute approximate surface area is 142 Å². The fraction of sp³-hybridized carbons (Fsp3) is 0.556. The van der Waals surface area contributed by atoms with Gasteiger partial charge in [-0.15, -0.1) is 0 Å². The average molecular weight is 331 g/mol. The first kappa shape index (κ1) is 16.9. The van der Waals surface area contributed by atoms with Gasteiger partial charge in [-0.2, -0.15) is 0 Å². The first-order valence-corrected chi connectivity index (χ1v) is 8.72. The smallest absolute Gasteiger partial charge is 0.253 e. The van der Waals surface area contributed by atoms with Crippen LogP contribution in [0, 0.1) is 0 Å². The van der Waals surface area contributed by atoms with Crippen molar-refractivity contribution in [1.82, 2.24) is 15.5 Å². The van der Waals surface area contributed by atoms with Gasteiger partial charge in [-0.1, -0.05) is 12.1 Å². The average Bonchev–Trinajstić information content (AvgIpc) is 2.67. The van der Waals surface area contributed by atoms with Crippen LogP contribution in [0.15, 0.2) is 24.3 Å². The molecular weight excluding hydrogens is 306 g/mol. The summed E-state index contributed by atoms with van der Waals surface area (Å²) >= 11 is 0. The van der Waals surface area contributed by atoms with Gasteiger partial charge in [0.15, 0.2) is 0 Å². The van der Waals surface area contributed by atoms with Gasteiger partial charge in [0.05, 0.1) is 6.61 Å². The Morgan fingerprint density at radius 1 is 1.17 bits per heavy atom. The second kappa shape index (κ2) is 8.26. The number of amides is 2. The van der Waals surface area contributed by atoms with Crippen LogP contribution in [0.1, 0.15) is 35.2 Å². The van der Waals surface area contributed by atoms with Gasteiger partial charge in [0.1, 0.15) is 6.10 Å². The van der Waals surface area contributed by atoms with Crippen molar-refractivity contribution in [2.45, 2.75) is 31.9 Å². The molecule has 0 saturated carbocycles. The molecule has 0 unspecified atom stereocenters. The molecular formula is C18H25N3O3. The normalized spacial score (nSPS) is 21.3. The van der Waals surface area contributed by atoms with Crippen molar-refractivity contribution in [3.8, 4) is 0 Å². The van der Waals surface area contributed by atoms with Crippen LogP contribution in [0.2, 0.25) is 0 Å². The minimum absolute atomic E-state index is 0.101. The Morgan fingerprint density at radius 2 is 1.92 bits per heavy atom. The molecule has 0 bridgehead atoms. The van der Waals surface area contributed by atoms with Gasteiger partial charge in [0.25, 0.3) is 11.8 Å². The molecule has 0 aromatic heterocycles. The second-order valence-electron chi connectivity index (χ2n) is 6.33. The van der Waals surface area contributed by atoms with Crippen LogP contribution in [-0.2, 0) is 16.1 Å². The van der Waals surface area contributed by atoms with Crippen molar-refractivity contribution in [2.75, 3.05) is 32.8 Å². The second-order valence-corrected chi connectivity index (χ2v) is 6.33. The van der Waals surface area contributed by atoms with Gasteiger partial charge >= 0.3 is 0 Å². The van der Waals surface area contributed by atoms with Crippen LogP contribution < -0.4 is 10.6 Å². The van der Waals surface area contributed by atoms with Crippen LogP contribution in [0.3, 0.4) is 0 Å². The van der Waals surface area contributed by atoms with E-state index in [-0.39, 0.29) is 11.8 Å². The van der Waals surface area contributed by atoms with Crippen molar-refractivity contribution >= 4 is 11.8 Å². The van der Waals surface area contributed by atoms with Crippen LogP contribution in [0.25, 0.3) is 0 Å². The van der Waals surface area contributed by atoms with Crippen LogP contribution >= 0.6 is 0 Å². The van der Waals surface area contributed by atoms with Crippen LogP contribution in [-0.4, -0.2) is 55.6 Å². The molecule has 130 valence electrons.